The van der Waals surface area contributed by atoms with E-state index in [2.05, 4.69) is 25.8 Å². The molecule has 0 aromatic rings. The summed E-state index contributed by atoms with van der Waals surface area (Å²) in [6.45, 7) is 9.56. The lowest BCUT2D eigenvalue weighted by molar-refractivity contribution is -0.146. The fraction of sp³-hybridized carbons (Fsp3) is 0.867. The predicted octanol–water partition coefficient (Wildman–Crippen LogP) is 1.82. The number of halogens is 1. The van der Waals surface area contributed by atoms with Gasteiger partial charge in [-0.15, -0.1) is 12.4 Å². The summed E-state index contributed by atoms with van der Waals surface area (Å²) in [6.07, 6.45) is 1.50. The van der Waals surface area contributed by atoms with E-state index in [0.717, 1.165) is 32.6 Å². The van der Waals surface area contributed by atoms with E-state index in [1.807, 2.05) is 4.90 Å². The number of piperazine rings is 1. The first-order chi connectivity index (χ1) is 8.82. The van der Waals surface area contributed by atoms with Gasteiger partial charge in [-0.3, -0.25) is 9.59 Å². The predicted molar refractivity (Wildman–Crippen MR) is 82.0 cm³/mol. The highest BCUT2D eigenvalue weighted by Crippen LogP contribution is 2.53. The maximum atomic E-state index is 12.3. The van der Waals surface area contributed by atoms with Gasteiger partial charge in [0.2, 0.25) is 5.91 Å². The number of likely N-dealkylation sites (N-methyl/N-ethyl adjacent to an activating group) is 1. The maximum Gasteiger partial charge on any atom is 0.222 e. The number of amides is 1. The van der Waals surface area contributed by atoms with Gasteiger partial charge in [0.25, 0.3) is 0 Å². The van der Waals surface area contributed by atoms with Crippen molar-refractivity contribution in [1.82, 2.24) is 9.80 Å². The molecule has 1 aliphatic heterocycles. The molecule has 116 valence electrons. The summed E-state index contributed by atoms with van der Waals surface area (Å²) in [7, 11) is 2.09. The molecule has 2 unspecified atom stereocenters. The second-order valence-electron chi connectivity index (χ2n) is 6.81. The minimum absolute atomic E-state index is 0. The van der Waals surface area contributed by atoms with Gasteiger partial charge in [0, 0.05) is 38.5 Å². The number of carbonyl (C=O) groups is 2. The first kappa shape index (κ1) is 17.4. The average Bonchev–Trinajstić information content (AvgIpc) is 2.34. The van der Waals surface area contributed by atoms with E-state index in [1.165, 1.54) is 0 Å². The Labute approximate surface area is 128 Å². The number of hydrogen-bond donors (Lipinski definition) is 0. The van der Waals surface area contributed by atoms with Crippen molar-refractivity contribution in [3.8, 4) is 0 Å². The van der Waals surface area contributed by atoms with Crippen molar-refractivity contribution in [2.75, 3.05) is 33.2 Å². The molecule has 5 heteroatoms. The van der Waals surface area contributed by atoms with Gasteiger partial charge in [-0.1, -0.05) is 13.8 Å². The number of nitrogens with zero attached hydrogens (tertiary/aromatic N) is 2. The lowest BCUT2D eigenvalue weighted by Gasteiger charge is -2.51. The Kier molecular flexibility index (Phi) is 5.61. The van der Waals surface area contributed by atoms with Crippen LogP contribution in [-0.4, -0.2) is 54.7 Å². The summed E-state index contributed by atoms with van der Waals surface area (Å²) in [5.74, 6) is 1.06. The van der Waals surface area contributed by atoms with Crippen molar-refractivity contribution >= 4 is 24.1 Å². The van der Waals surface area contributed by atoms with Gasteiger partial charge in [-0.25, -0.2) is 0 Å². The van der Waals surface area contributed by atoms with Crippen LogP contribution in [0.2, 0.25) is 0 Å². The van der Waals surface area contributed by atoms with Crippen LogP contribution in [0, 0.1) is 17.3 Å². The number of rotatable bonds is 3. The van der Waals surface area contributed by atoms with E-state index in [4.69, 9.17) is 0 Å². The molecule has 0 N–H and O–H groups in total. The molecule has 1 heterocycles. The first-order valence-corrected chi connectivity index (χ1v) is 7.29. The molecule has 4 nitrogen and oxygen atoms in total. The third-order valence-corrected chi connectivity index (χ3v) is 5.24. The molecule has 0 aromatic carbocycles. The number of hydrogen-bond acceptors (Lipinski definition) is 3. The van der Waals surface area contributed by atoms with Crippen LogP contribution in [0.3, 0.4) is 0 Å². The summed E-state index contributed by atoms with van der Waals surface area (Å²) in [4.78, 5) is 28.0. The summed E-state index contributed by atoms with van der Waals surface area (Å²) < 4.78 is 0. The van der Waals surface area contributed by atoms with Crippen LogP contribution in [-0.2, 0) is 9.59 Å². The first-order valence-electron chi connectivity index (χ1n) is 7.29. The molecule has 2 rings (SSSR count). The topological polar surface area (TPSA) is 40.6 Å². The molecule has 2 fully saturated rings. The summed E-state index contributed by atoms with van der Waals surface area (Å²) >= 11 is 0. The van der Waals surface area contributed by atoms with E-state index in [1.54, 1.807) is 6.92 Å². The summed E-state index contributed by atoms with van der Waals surface area (Å²) in [6, 6.07) is 0. The van der Waals surface area contributed by atoms with Crippen molar-refractivity contribution in [3.05, 3.63) is 0 Å². The van der Waals surface area contributed by atoms with Gasteiger partial charge in [0.15, 0.2) is 0 Å². The molecule has 1 aliphatic carbocycles. The number of carbonyl (C=O) groups excluding carboxylic acids is 2. The third-order valence-electron chi connectivity index (χ3n) is 5.24. The van der Waals surface area contributed by atoms with E-state index in [0.29, 0.717) is 12.3 Å². The van der Waals surface area contributed by atoms with Crippen molar-refractivity contribution in [3.63, 3.8) is 0 Å². The number of ketones is 1. The highest BCUT2D eigenvalue weighted by Gasteiger charge is 2.50. The lowest BCUT2D eigenvalue weighted by Crippen LogP contribution is -2.52. The molecule has 0 radical (unpaired) electrons. The Hall–Kier alpha value is -0.610. The second kappa shape index (κ2) is 6.44. The minimum atomic E-state index is -0.00588. The number of Topliss-reactive ketones (excluding diaryl/α,β-unsaturated/α-hetero) is 1. The van der Waals surface area contributed by atoms with E-state index >= 15 is 0 Å². The molecule has 0 bridgehead atoms. The van der Waals surface area contributed by atoms with Crippen LogP contribution in [0.4, 0.5) is 0 Å². The molecule has 1 amide bonds. The van der Waals surface area contributed by atoms with Gasteiger partial charge >= 0.3 is 0 Å². The van der Waals surface area contributed by atoms with E-state index in [9.17, 15) is 9.59 Å². The molecular weight excluding hydrogens is 276 g/mol. The van der Waals surface area contributed by atoms with Crippen molar-refractivity contribution in [1.29, 1.82) is 0 Å². The van der Waals surface area contributed by atoms with Crippen LogP contribution in [0.25, 0.3) is 0 Å². The maximum absolute atomic E-state index is 12.3. The van der Waals surface area contributed by atoms with E-state index < -0.39 is 0 Å². The van der Waals surface area contributed by atoms with Crippen LogP contribution >= 0.6 is 12.4 Å². The lowest BCUT2D eigenvalue weighted by atomic mass is 9.52. The molecule has 1 saturated carbocycles. The zero-order valence-corrected chi connectivity index (χ0v) is 13.8. The standard InChI is InChI=1S/C15H26N2O2.ClH/c1-11(18)13-9-12(15(13,2)3)10-14(19)17-7-5-16(4)6-8-17;/h12-13H,5-10H2,1-4H3;1H. The van der Waals surface area contributed by atoms with Gasteiger partial charge in [0.1, 0.15) is 5.78 Å². The van der Waals surface area contributed by atoms with Crippen LogP contribution < -0.4 is 0 Å². The fourth-order valence-corrected chi connectivity index (χ4v) is 3.45. The van der Waals surface area contributed by atoms with Crippen LogP contribution in [0.5, 0.6) is 0 Å². The Balaban J connectivity index is 0.00000200. The zero-order valence-electron chi connectivity index (χ0n) is 13.0. The Morgan fingerprint density at radius 2 is 1.70 bits per heavy atom. The summed E-state index contributed by atoms with van der Waals surface area (Å²) in [5.41, 5.74) is -0.00588. The zero-order chi connectivity index (χ0) is 14.2. The van der Waals surface area contributed by atoms with Crippen molar-refractivity contribution in [2.24, 2.45) is 17.3 Å². The molecule has 1 saturated heterocycles. The highest BCUT2D eigenvalue weighted by atomic mass is 35.5. The smallest absolute Gasteiger partial charge is 0.222 e. The Morgan fingerprint density at radius 1 is 1.15 bits per heavy atom. The molecule has 0 spiro atoms. The molecule has 20 heavy (non-hydrogen) atoms. The Bertz CT molecular complexity index is 376. The largest absolute Gasteiger partial charge is 0.340 e. The molecule has 2 aliphatic rings. The van der Waals surface area contributed by atoms with Crippen molar-refractivity contribution < 1.29 is 9.59 Å². The van der Waals surface area contributed by atoms with E-state index in [-0.39, 0.29) is 35.4 Å². The quantitative estimate of drug-likeness (QED) is 0.798. The average molecular weight is 303 g/mol. The second-order valence-corrected chi connectivity index (χ2v) is 6.81. The monoisotopic (exact) mass is 302 g/mol. The Morgan fingerprint density at radius 3 is 2.15 bits per heavy atom. The molecule has 0 aromatic heterocycles. The third kappa shape index (κ3) is 3.34. The molecular formula is C15H27ClN2O2. The van der Waals surface area contributed by atoms with Gasteiger partial charge in [0.05, 0.1) is 0 Å². The minimum Gasteiger partial charge on any atom is -0.340 e. The molecule has 2 atom stereocenters. The van der Waals surface area contributed by atoms with Crippen LogP contribution in [0.15, 0.2) is 0 Å². The fourth-order valence-electron chi connectivity index (χ4n) is 3.45. The normalized spacial score (nSPS) is 29.3. The summed E-state index contributed by atoms with van der Waals surface area (Å²) in [5, 5.41) is 0. The van der Waals surface area contributed by atoms with Gasteiger partial charge in [-0.2, -0.15) is 0 Å². The highest BCUT2D eigenvalue weighted by molar-refractivity contribution is 5.85. The van der Waals surface area contributed by atoms with Gasteiger partial charge in [-0.05, 0) is 31.7 Å². The SMILES string of the molecule is CC(=O)C1CC(CC(=O)N2CCN(C)CC2)C1(C)C.Cl. The van der Waals surface area contributed by atoms with Crippen LogP contribution in [0.1, 0.15) is 33.6 Å². The van der Waals surface area contributed by atoms with Crippen molar-refractivity contribution in [2.45, 2.75) is 33.6 Å². The van der Waals surface area contributed by atoms with Gasteiger partial charge < -0.3 is 9.80 Å².